The normalized spacial score (nSPS) is 48.8. The molecule has 2 aliphatic rings. The molecule has 1 aliphatic heterocycles. The van der Waals surface area contributed by atoms with E-state index in [0.29, 0.717) is 12.3 Å². The largest absolute Gasteiger partial charge is 0.381 e. The van der Waals surface area contributed by atoms with E-state index in [9.17, 15) is 0 Å². The summed E-state index contributed by atoms with van der Waals surface area (Å²) in [6.45, 7) is 6.27. The Hall–Kier alpha value is -0.550. The number of nitrogens with zero attached hydrogens (tertiary/aromatic N) is 1. The monoisotopic (exact) mass is 179 g/mol. The van der Waals surface area contributed by atoms with E-state index >= 15 is 0 Å². The van der Waals surface area contributed by atoms with Crippen LogP contribution >= 0.6 is 0 Å². The van der Waals surface area contributed by atoms with Crippen molar-refractivity contribution < 1.29 is 4.74 Å². The van der Waals surface area contributed by atoms with Gasteiger partial charge in [0.25, 0.3) is 0 Å². The van der Waals surface area contributed by atoms with Crippen molar-refractivity contribution in [3.63, 3.8) is 0 Å². The maximum Gasteiger partial charge on any atom is 0.0627 e. The van der Waals surface area contributed by atoms with E-state index in [1.165, 1.54) is 12.8 Å². The molecule has 3 atom stereocenters. The Bertz CT molecular complexity index is 253. The first kappa shape index (κ1) is 9.02. The van der Waals surface area contributed by atoms with E-state index in [1.807, 2.05) is 0 Å². The molecule has 1 saturated heterocycles. The Labute approximate surface area is 79.9 Å². The van der Waals surface area contributed by atoms with Crippen LogP contribution in [0.1, 0.15) is 33.1 Å². The van der Waals surface area contributed by atoms with Gasteiger partial charge in [0.15, 0.2) is 0 Å². The Morgan fingerprint density at radius 3 is 2.92 bits per heavy atom. The van der Waals surface area contributed by atoms with E-state index in [-0.39, 0.29) is 10.8 Å². The molecule has 72 valence electrons. The van der Waals surface area contributed by atoms with Crippen LogP contribution in [0.2, 0.25) is 0 Å². The summed E-state index contributed by atoms with van der Waals surface area (Å²) in [5, 5.41) is 8.87. The van der Waals surface area contributed by atoms with Gasteiger partial charge in [-0.3, -0.25) is 0 Å². The van der Waals surface area contributed by atoms with E-state index < -0.39 is 0 Å². The van der Waals surface area contributed by atoms with E-state index in [1.54, 1.807) is 0 Å². The second-order valence-corrected chi connectivity index (χ2v) is 5.06. The van der Waals surface area contributed by atoms with Crippen LogP contribution in [0.3, 0.4) is 0 Å². The molecule has 0 N–H and O–H groups in total. The summed E-state index contributed by atoms with van der Waals surface area (Å²) >= 11 is 0. The second-order valence-electron chi connectivity index (χ2n) is 5.06. The van der Waals surface area contributed by atoms with Crippen LogP contribution in [0.15, 0.2) is 0 Å². The van der Waals surface area contributed by atoms with Gasteiger partial charge in [0.1, 0.15) is 0 Å². The predicted molar refractivity (Wildman–Crippen MR) is 50.0 cm³/mol. The van der Waals surface area contributed by atoms with E-state index in [2.05, 4.69) is 19.9 Å². The van der Waals surface area contributed by atoms with Gasteiger partial charge >= 0.3 is 0 Å². The lowest BCUT2D eigenvalue weighted by Crippen LogP contribution is -2.45. The fourth-order valence-electron chi connectivity index (χ4n) is 3.04. The molecule has 0 aromatic heterocycles. The van der Waals surface area contributed by atoms with Gasteiger partial charge in [-0.05, 0) is 29.6 Å². The predicted octanol–water partition coefficient (Wildman–Crippen LogP) is 2.35. The molecule has 13 heavy (non-hydrogen) atoms. The van der Waals surface area contributed by atoms with Crippen LogP contribution in [0.25, 0.3) is 0 Å². The molecule has 0 unspecified atom stereocenters. The Balaban J connectivity index is 2.31. The molecular formula is C11H17NO. The lowest BCUT2D eigenvalue weighted by molar-refractivity contribution is -0.0946. The van der Waals surface area contributed by atoms with Crippen molar-refractivity contribution in [3.8, 4) is 6.07 Å². The Kier molecular flexibility index (Phi) is 1.89. The molecule has 0 aromatic carbocycles. The van der Waals surface area contributed by atoms with Crippen molar-refractivity contribution in [2.24, 2.45) is 16.7 Å². The molecule has 0 amide bonds. The average Bonchev–Trinajstić information content (AvgIpc) is 2.25. The third kappa shape index (κ3) is 1.03. The molecule has 2 heteroatoms. The van der Waals surface area contributed by atoms with Crippen molar-refractivity contribution in [3.05, 3.63) is 0 Å². The second kappa shape index (κ2) is 2.72. The number of rotatable bonds is 1. The third-order valence-electron chi connectivity index (χ3n) is 4.51. The van der Waals surface area contributed by atoms with Gasteiger partial charge in [-0.25, -0.2) is 0 Å². The fraction of sp³-hybridized carbons (Fsp3) is 0.909. The fourth-order valence-corrected chi connectivity index (χ4v) is 3.04. The quantitative estimate of drug-likeness (QED) is 0.619. The van der Waals surface area contributed by atoms with Gasteiger partial charge in [0, 0.05) is 13.0 Å². The minimum Gasteiger partial charge on any atom is -0.381 e. The van der Waals surface area contributed by atoms with Crippen LogP contribution in [0.4, 0.5) is 0 Å². The highest BCUT2D eigenvalue weighted by Gasteiger charge is 2.56. The van der Waals surface area contributed by atoms with Crippen molar-refractivity contribution in [2.45, 2.75) is 33.1 Å². The van der Waals surface area contributed by atoms with Crippen LogP contribution in [0.5, 0.6) is 0 Å². The van der Waals surface area contributed by atoms with Crippen LogP contribution in [-0.4, -0.2) is 13.2 Å². The molecule has 1 saturated carbocycles. The SMILES string of the molecule is C[C@]12CC[C@@H](COC1)[C@@]2(C)CC#N. The van der Waals surface area contributed by atoms with Gasteiger partial charge in [0.05, 0.1) is 12.7 Å². The number of hydrogen-bond acceptors (Lipinski definition) is 2. The zero-order valence-electron chi connectivity index (χ0n) is 8.47. The molecule has 2 fully saturated rings. The van der Waals surface area contributed by atoms with Crippen molar-refractivity contribution in [1.82, 2.24) is 0 Å². The van der Waals surface area contributed by atoms with Crippen molar-refractivity contribution in [2.75, 3.05) is 13.2 Å². The minimum absolute atomic E-state index is 0.208. The molecule has 0 spiro atoms. The molecule has 2 bridgehead atoms. The molecule has 1 heterocycles. The smallest absolute Gasteiger partial charge is 0.0627 e. The average molecular weight is 179 g/mol. The molecule has 0 radical (unpaired) electrons. The number of fused-ring (bicyclic) bond motifs is 2. The zero-order valence-corrected chi connectivity index (χ0v) is 8.47. The first-order chi connectivity index (χ1) is 6.12. The summed E-state index contributed by atoms with van der Waals surface area (Å²) in [7, 11) is 0. The third-order valence-corrected chi connectivity index (χ3v) is 4.51. The number of ether oxygens (including phenoxy) is 1. The highest BCUT2D eigenvalue weighted by molar-refractivity contribution is 5.07. The summed E-state index contributed by atoms with van der Waals surface area (Å²) in [6, 6.07) is 2.35. The molecule has 0 aromatic rings. The molecule has 2 rings (SSSR count). The van der Waals surface area contributed by atoms with Gasteiger partial charge in [0.2, 0.25) is 0 Å². The molecular weight excluding hydrogens is 162 g/mol. The summed E-state index contributed by atoms with van der Waals surface area (Å²) in [5.41, 5.74) is 0.464. The zero-order chi connectivity index (χ0) is 9.53. The number of hydrogen-bond donors (Lipinski definition) is 0. The van der Waals surface area contributed by atoms with Gasteiger partial charge < -0.3 is 4.74 Å². The first-order valence-electron chi connectivity index (χ1n) is 5.07. The Morgan fingerprint density at radius 2 is 2.31 bits per heavy atom. The summed E-state index contributed by atoms with van der Waals surface area (Å²) in [5.74, 6) is 0.617. The van der Waals surface area contributed by atoms with Gasteiger partial charge in [-0.15, -0.1) is 0 Å². The van der Waals surface area contributed by atoms with Crippen LogP contribution < -0.4 is 0 Å². The Morgan fingerprint density at radius 1 is 1.54 bits per heavy atom. The number of nitriles is 1. The molecule has 2 nitrogen and oxygen atoms in total. The van der Waals surface area contributed by atoms with Crippen LogP contribution in [0, 0.1) is 28.1 Å². The summed E-state index contributed by atoms with van der Waals surface area (Å²) in [4.78, 5) is 0. The minimum atomic E-state index is 0.208. The first-order valence-corrected chi connectivity index (χ1v) is 5.07. The molecule has 1 aliphatic carbocycles. The maximum atomic E-state index is 8.87. The van der Waals surface area contributed by atoms with E-state index in [0.717, 1.165) is 13.2 Å². The van der Waals surface area contributed by atoms with Crippen LogP contribution in [-0.2, 0) is 4.74 Å². The standard InChI is InChI=1S/C11H17NO/c1-10-4-3-9(7-13-8-10)11(10,2)5-6-12/h9H,3-5,7-8H2,1-2H3/t9-,10-,11+/m0/s1. The van der Waals surface area contributed by atoms with Gasteiger partial charge in [-0.2, -0.15) is 5.26 Å². The van der Waals surface area contributed by atoms with Crippen molar-refractivity contribution >= 4 is 0 Å². The lowest BCUT2D eigenvalue weighted by atomic mass is 9.62. The summed E-state index contributed by atoms with van der Waals surface area (Å²) < 4.78 is 5.59. The maximum absolute atomic E-state index is 8.87. The summed E-state index contributed by atoms with van der Waals surface area (Å²) in [6.07, 6.45) is 3.17. The topological polar surface area (TPSA) is 33.0 Å². The van der Waals surface area contributed by atoms with E-state index in [4.69, 9.17) is 10.00 Å². The highest BCUT2D eigenvalue weighted by Crippen LogP contribution is 2.60. The van der Waals surface area contributed by atoms with Crippen molar-refractivity contribution in [1.29, 1.82) is 5.26 Å². The lowest BCUT2D eigenvalue weighted by Gasteiger charge is -2.46. The van der Waals surface area contributed by atoms with Gasteiger partial charge in [-0.1, -0.05) is 13.8 Å². The highest BCUT2D eigenvalue weighted by atomic mass is 16.5.